The van der Waals surface area contributed by atoms with Crippen molar-refractivity contribution < 1.29 is 4.79 Å². The number of amides is 2. The molecular weight excluding hydrogens is 202 g/mol. The lowest BCUT2D eigenvalue weighted by Gasteiger charge is -2.41. The van der Waals surface area contributed by atoms with Gasteiger partial charge < -0.3 is 15.5 Å². The minimum absolute atomic E-state index is 0.145. The Morgan fingerprint density at radius 3 is 2.19 bits per heavy atom. The van der Waals surface area contributed by atoms with Gasteiger partial charge in [0.15, 0.2) is 0 Å². The number of hydrogen-bond acceptors (Lipinski definition) is 2. The minimum Gasteiger partial charge on any atom is -0.328 e. The molecule has 1 saturated heterocycles. The molecule has 1 rings (SSSR count). The summed E-state index contributed by atoms with van der Waals surface area (Å²) < 4.78 is 0. The first kappa shape index (κ1) is 13.3. The summed E-state index contributed by atoms with van der Waals surface area (Å²) in [5.41, 5.74) is 5.69. The molecule has 2 N–H and O–H groups in total. The fourth-order valence-electron chi connectivity index (χ4n) is 2.47. The quantitative estimate of drug-likeness (QED) is 0.794. The van der Waals surface area contributed by atoms with Gasteiger partial charge in [-0.05, 0) is 25.7 Å². The molecule has 0 radical (unpaired) electrons. The Balaban J connectivity index is 2.73. The summed E-state index contributed by atoms with van der Waals surface area (Å²) in [4.78, 5) is 16.1. The Morgan fingerprint density at radius 2 is 1.81 bits per heavy atom. The van der Waals surface area contributed by atoms with Crippen LogP contribution in [0.4, 0.5) is 4.79 Å². The molecule has 1 fully saturated rings. The number of carbonyl (C=O) groups excluding carboxylic acids is 1. The van der Waals surface area contributed by atoms with E-state index in [2.05, 4.69) is 13.8 Å². The lowest BCUT2D eigenvalue weighted by Crippen LogP contribution is -2.56. The van der Waals surface area contributed by atoms with Gasteiger partial charge in [0.25, 0.3) is 0 Å². The molecule has 0 spiro atoms. The largest absolute Gasteiger partial charge is 0.328 e. The highest BCUT2D eigenvalue weighted by Crippen LogP contribution is 2.23. The van der Waals surface area contributed by atoms with E-state index in [0.29, 0.717) is 6.54 Å². The summed E-state index contributed by atoms with van der Waals surface area (Å²) >= 11 is 0. The first-order chi connectivity index (χ1) is 7.61. The molecule has 4 nitrogen and oxygen atoms in total. The van der Waals surface area contributed by atoms with Gasteiger partial charge >= 0.3 is 6.03 Å². The maximum absolute atomic E-state index is 12.3. The predicted octanol–water partition coefficient (Wildman–Crippen LogP) is 1.65. The highest BCUT2D eigenvalue weighted by atomic mass is 16.2. The molecule has 94 valence electrons. The second-order valence-corrected chi connectivity index (χ2v) is 4.67. The van der Waals surface area contributed by atoms with E-state index < -0.39 is 0 Å². The lowest BCUT2D eigenvalue weighted by atomic mass is 9.91. The highest BCUT2D eigenvalue weighted by molar-refractivity contribution is 5.75. The molecule has 0 aromatic heterocycles. The van der Waals surface area contributed by atoms with Gasteiger partial charge in [0.1, 0.15) is 0 Å². The molecular formula is C12H25N3O. The van der Waals surface area contributed by atoms with Gasteiger partial charge in [-0.2, -0.15) is 0 Å². The Kier molecular flexibility index (Phi) is 4.59. The predicted molar refractivity (Wildman–Crippen MR) is 66.3 cm³/mol. The molecule has 0 bridgehead atoms. The van der Waals surface area contributed by atoms with Crippen molar-refractivity contribution >= 4 is 6.03 Å². The van der Waals surface area contributed by atoms with Crippen LogP contribution >= 0.6 is 0 Å². The van der Waals surface area contributed by atoms with Crippen molar-refractivity contribution in [2.24, 2.45) is 5.73 Å². The monoisotopic (exact) mass is 227 g/mol. The molecule has 0 unspecified atom stereocenters. The molecule has 1 aliphatic rings. The number of likely N-dealkylation sites (N-methyl/N-ethyl adjacent to an activating group) is 1. The lowest BCUT2D eigenvalue weighted by molar-refractivity contribution is 0.105. The molecule has 16 heavy (non-hydrogen) atoms. The van der Waals surface area contributed by atoms with Gasteiger partial charge in [-0.1, -0.05) is 13.8 Å². The standard InChI is InChI=1S/C12H25N3O/c1-4-12(5-2,10-13)14(3)11(16)15-8-6-7-9-15/h4-10,13H2,1-3H3. The number of carbonyl (C=O) groups is 1. The zero-order valence-electron chi connectivity index (χ0n) is 10.8. The zero-order chi connectivity index (χ0) is 12.2. The highest BCUT2D eigenvalue weighted by Gasteiger charge is 2.35. The number of rotatable bonds is 4. The van der Waals surface area contributed by atoms with E-state index in [0.717, 1.165) is 38.8 Å². The topological polar surface area (TPSA) is 49.6 Å². The van der Waals surface area contributed by atoms with E-state index in [1.165, 1.54) is 0 Å². The first-order valence-electron chi connectivity index (χ1n) is 6.34. The van der Waals surface area contributed by atoms with Crippen molar-refractivity contribution in [1.29, 1.82) is 0 Å². The first-order valence-corrected chi connectivity index (χ1v) is 6.34. The van der Waals surface area contributed by atoms with Gasteiger partial charge in [-0.3, -0.25) is 0 Å². The van der Waals surface area contributed by atoms with Gasteiger partial charge in [0.2, 0.25) is 0 Å². The van der Waals surface area contributed by atoms with Crippen LogP contribution in [0.1, 0.15) is 39.5 Å². The average Bonchev–Trinajstić information content (AvgIpc) is 2.84. The van der Waals surface area contributed by atoms with Crippen LogP contribution in [-0.2, 0) is 0 Å². The normalized spacial score (nSPS) is 16.6. The summed E-state index contributed by atoms with van der Waals surface area (Å²) in [7, 11) is 1.89. The Labute approximate surface area is 98.8 Å². The fraction of sp³-hybridized carbons (Fsp3) is 0.917. The third-order valence-corrected chi connectivity index (χ3v) is 4.07. The summed E-state index contributed by atoms with van der Waals surface area (Å²) in [6.45, 7) is 6.54. The Bertz CT molecular complexity index is 224. The molecule has 2 amide bonds. The summed E-state index contributed by atoms with van der Waals surface area (Å²) in [5.74, 6) is 0. The molecule has 0 saturated carbocycles. The van der Waals surface area contributed by atoms with Crippen LogP contribution in [0.15, 0.2) is 0 Å². The molecule has 4 heteroatoms. The maximum atomic E-state index is 12.3. The molecule has 0 aromatic carbocycles. The molecule has 1 heterocycles. The fourth-order valence-corrected chi connectivity index (χ4v) is 2.47. The van der Waals surface area contributed by atoms with E-state index in [1.54, 1.807) is 0 Å². The minimum atomic E-state index is -0.167. The third-order valence-electron chi connectivity index (χ3n) is 4.07. The molecule has 0 aromatic rings. The van der Waals surface area contributed by atoms with Gasteiger partial charge in [-0.15, -0.1) is 0 Å². The number of nitrogens with two attached hydrogens (primary N) is 1. The van der Waals surface area contributed by atoms with Crippen molar-refractivity contribution in [1.82, 2.24) is 9.80 Å². The third kappa shape index (κ3) is 2.32. The van der Waals surface area contributed by atoms with E-state index in [4.69, 9.17) is 5.73 Å². The second kappa shape index (κ2) is 5.53. The number of hydrogen-bond donors (Lipinski definition) is 1. The van der Waals surface area contributed by atoms with E-state index in [-0.39, 0.29) is 11.6 Å². The van der Waals surface area contributed by atoms with Gasteiger partial charge in [-0.25, -0.2) is 4.79 Å². The van der Waals surface area contributed by atoms with E-state index in [1.807, 2.05) is 16.8 Å². The van der Waals surface area contributed by atoms with Gasteiger partial charge in [0, 0.05) is 26.7 Å². The summed E-state index contributed by atoms with van der Waals surface area (Å²) in [6.07, 6.45) is 4.09. The van der Waals surface area contributed by atoms with Crippen LogP contribution in [0.2, 0.25) is 0 Å². The maximum Gasteiger partial charge on any atom is 0.320 e. The van der Waals surface area contributed by atoms with Crippen molar-refractivity contribution in [2.45, 2.75) is 45.1 Å². The number of urea groups is 1. The molecule has 1 aliphatic heterocycles. The second-order valence-electron chi connectivity index (χ2n) is 4.67. The van der Waals surface area contributed by atoms with E-state index >= 15 is 0 Å². The smallest absolute Gasteiger partial charge is 0.320 e. The van der Waals surface area contributed by atoms with Crippen molar-refractivity contribution in [3.8, 4) is 0 Å². The van der Waals surface area contributed by atoms with Gasteiger partial charge in [0.05, 0.1) is 5.54 Å². The Morgan fingerprint density at radius 1 is 1.31 bits per heavy atom. The van der Waals surface area contributed by atoms with Crippen LogP contribution in [-0.4, -0.2) is 48.1 Å². The summed E-state index contributed by atoms with van der Waals surface area (Å²) in [5, 5.41) is 0. The van der Waals surface area contributed by atoms with Crippen molar-refractivity contribution in [2.75, 3.05) is 26.7 Å². The summed E-state index contributed by atoms with van der Waals surface area (Å²) in [6, 6.07) is 0.145. The van der Waals surface area contributed by atoms with Crippen LogP contribution in [0.25, 0.3) is 0 Å². The van der Waals surface area contributed by atoms with Crippen molar-refractivity contribution in [3.05, 3.63) is 0 Å². The Hall–Kier alpha value is -0.770. The van der Waals surface area contributed by atoms with Crippen LogP contribution in [0, 0.1) is 0 Å². The number of likely N-dealkylation sites (tertiary alicyclic amines) is 1. The molecule has 0 aliphatic carbocycles. The van der Waals surface area contributed by atoms with Crippen LogP contribution in [0.3, 0.4) is 0 Å². The SMILES string of the molecule is CCC(CC)(CN)N(C)C(=O)N1CCCC1. The average molecular weight is 227 g/mol. The van der Waals surface area contributed by atoms with Crippen LogP contribution in [0.5, 0.6) is 0 Å². The number of nitrogens with zero attached hydrogens (tertiary/aromatic N) is 2. The van der Waals surface area contributed by atoms with Crippen molar-refractivity contribution in [3.63, 3.8) is 0 Å². The van der Waals surface area contributed by atoms with Crippen LogP contribution < -0.4 is 5.73 Å². The zero-order valence-corrected chi connectivity index (χ0v) is 10.8. The van der Waals surface area contributed by atoms with E-state index in [9.17, 15) is 4.79 Å². The molecule has 0 atom stereocenters.